The number of hydrogen-bond donors (Lipinski definition) is 2. The number of para-hydroxylation sites is 2. The molecule has 0 fully saturated rings. The summed E-state index contributed by atoms with van der Waals surface area (Å²) in [4.78, 5) is 26.0. The Morgan fingerprint density at radius 3 is 2.22 bits per heavy atom. The molecule has 0 aliphatic heterocycles. The van der Waals surface area contributed by atoms with E-state index in [1.165, 1.54) is 0 Å². The molecule has 1 aromatic heterocycles. The lowest BCUT2D eigenvalue weighted by atomic mass is 9.93. The molecule has 3 aromatic carbocycles. The molecule has 1 heterocycles. The van der Waals surface area contributed by atoms with Crippen molar-refractivity contribution in [3.8, 4) is 0 Å². The third-order valence-corrected chi connectivity index (χ3v) is 6.39. The number of hydrogen-bond acceptors (Lipinski definition) is 5. The second kappa shape index (κ2) is 10.7. The fourth-order valence-electron chi connectivity index (χ4n) is 4.39. The minimum Gasteiger partial charge on any atom is -0.455 e. The predicted octanol–water partition coefficient (Wildman–Crippen LogP) is 6.19. The molecule has 8 heteroatoms. The van der Waals surface area contributed by atoms with Gasteiger partial charge < -0.3 is 4.42 Å². The third-order valence-electron chi connectivity index (χ3n) is 6.15. The number of anilines is 2. The van der Waals surface area contributed by atoms with Crippen LogP contribution in [-0.4, -0.2) is 17.5 Å². The average molecular weight is 513 g/mol. The molecule has 186 valence electrons. The first-order valence-electron chi connectivity index (χ1n) is 12.0. The van der Waals surface area contributed by atoms with Crippen molar-refractivity contribution in [2.24, 2.45) is 5.10 Å². The summed E-state index contributed by atoms with van der Waals surface area (Å²) >= 11 is 6.00. The molecule has 7 nitrogen and oxygen atoms in total. The van der Waals surface area contributed by atoms with Crippen molar-refractivity contribution in [3.63, 3.8) is 0 Å². The number of rotatable bonds is 6. The Bertz CT molecular complexity index is 1430. The summed E-state index contributed by atoms with van der Waals surface area (Å²) in [5.74, 6) is 0.178. The highest BCUT2D eigenvalue weighted by Crippen LogP contribution is 2.31. The second-order valence-corrected chi connectivity index (χ2v) is 9.10. The summed E-state index contributed by atoms with van der Waals surface area (Å²) in [6, 6.07) is 25.8. The number of carbonyl (C=O) groups is 2. The van der Waals surface area contributed by atoms with Crippen LogP contribution in [0.1, 0.15) is 50.6 Å². The van der Waals surface area contributed by atoms with Crippen LogP contribution in [0.15, 0.2) is 94.4 Å². The number of hydrazone groups is 1. The SMILES string of the molecule is Cc1c(C(=O)NN(c2ccccc2)c2ccccc2)oc2c1/C(=N/NC(=O)c1cccc(Cl)c1)CCC2. The Hall–Kier alpha value is -4.36. The van der Waals surface area contributed by atoms with E-state index in [1.54, 1.807) is 29.3 Å². The van der Waals surface area contributed by atoms with Crippen LogP contribution in [0, 0.1) is 6.92 Å². The van der Waals surface area contributed by atoms with Gasteiger partial charge in [0.05, 0.1) is 17.1 Å². The lowest BCUT2D eigenvalue weighted by Gasteiger charge is -2.25. The molecule has 0 radical (unpaired) electrons. The highest BCUT2D eigenvalue weighted by atomic mass is 35.5. The van der Waals surface area contributed by atoms with Gasteiger partial charge in [0, 0.05) is 28.1 Å². The fraction of sp³-hybridized carbons (Fsp3) is 0.138. The van der Waals surface area contributed by atoms with Crippen LogP contribution >= 0.6 is 11.6 Å². The van der Waals surface area contributed by atoms with Crippen molar-refractivity contribution in [2.45, 2.75) is 26.2 Å². The van der Waals surface area contributed by atoms with Crippen LogP contribution < -0.4 is 15.9 Å². The number of hydrazine groups is 1. The molecular formula is C29H25ClN4O3. The minimum atomic E-state index is -0.373. The van der Waals surface area contributed by atoms with E-state index in [0.717, 1.165) is 23.4 Å². The van der Waals surface area contributed by atoms with Gasteiger partial charge in [-0.2, -0.15) is 5.10 Å². The van der Waals surface area contributed by atoms with Crippen molar-refractivity contribution in [3.05, 3.63) is 118 Å². The number of fused-ring (bicyclic) bond motifs is 1. The van der Waals surface area contributed by atoms with Gasteiger partial charge in [0.1, 0.15) is 5.76 Å². The summed E-state index contributed by atoms with van der Waals surface area (Å²) in [5.41, 5.74) is 9.77. The van der Waals surface area contributed by atoms with Crippen LogP contribution in [-0.2, 0) is 6.42 Å². The third kappa shape index (κ3) is 5.27. The van der Waals surface area contributed by atoms with Crippen LogP contribution in [0.25, 0.3) is 0 Å². The van der Waals surface area contributed by atoms with Crippen molar-refractivity contribution in [1.29, 1.82) is 0 Å². The average Bonchev–Trinajstić information content (AvgIpc) is 3.28. The number of amides is 2. The molecule has 0 bridgehead atoms. The van der Waals surface area contributed by atoms with Gasteiger partial charge in [0.25, 0.3) is 5.91 Å². The first-order chi connectivity index (χ1) is 18.0. The summed E-state index contributed by atoms with van der Waals surface area (Å²) < 4.78 is 6.06. The molecule has 1 aliphatic carbocycles. The van der Waals surface area contributed by atoms with Gasteiger partial charge in [-0.25, -0.2) is 5.43 Å². The lowest BCUT2D eigenvalue weighted by Crippen LogP contribution is -2.39. The molecule has 0 unspecified atom stereocenters. The number of halogens is 1. The Morgan fingerprint density at radius 1 is 0.892 bits per heavy atom. The van der Waals surface area contributed by atoms with Crippen LogP contribution in [0.3, 0.4) is 0 Å². The number of furan rings is 1. The molecule has 0 atom stereocenters. The van der Waals surface area contributed by atoms with Gasteiger partial charge in [-0.1, -0.05) is 54.1 Å². The van der Waals surface area contributed by atoms with Crippen molar-refractivity contribution in [2.75, 3.05) is 5.01 Å². The zero-order chi connectivity index (χ0) is 25.8. The Morgan fingerprint density at radius 2 is 1.57 bits per heavy atom. The van der Waals surface area contributed by atoms with Crippen molar-refractivity contribution >= 4 is 40.5 Å². The minimum absolute atomic E-state index is 0.220. The predicted molar refractivity (Wildman–Crippen MR) is 144 cm³/mol. The number of nitrogens with zero attached hydrogens (tertiary/aromatic N) is 2. The molecule has 0 saturated carbocycles. The maximum absolute atomic E-state index is 13.5. The molecule has 1 aliphatic rings. The molecule has 2 amide bonds. The Labute approximate surface area is 219 Å². The van der Waals surface area contributed by atoms with Crippen LogP contribution in [0.2, 0.25) is 5.02 Å². The van der Waals surface area contributed by atoms with E-state index >= 15 is 0 Å². The molecule has 2 N–H and O–H groups in total. The van der Waals surface area contributed by atoms with Gasteiger partial charge in [0.2, 0.25) is 0 Å². The van der Waals surface area contributed by atoms with E-state index in [-0.39, 0.29) is 17.6 Å². The maximum Gasteiger partial charge on any atom is 0.306 e. The zero-order valence-corrected chi connectivity index (χ0v) is 21.0. The monoisotopic (exact) mass is 512 g/mol. The van der Waals surface area contributed by atoms with Gasteiger partial charge in [-0.05, 0) is 62.2 Å². The normalized spacial score (nSPS) is 13.6. The van der Waals surface area contributed by atoms with Gasteiger partial charge in [-0.3, -0.25) is 20.0 Å². The van der Waals surface area contributed by atoms with E-state index in [0.29, 0.717) is 40.5 Å². The second-order valence-electron chi connectivity index (χ2n) is 8.67. The quantitative estimate of drug-likeness (QED) is 0.301. The Kier molecular flexibility index (Phi) is 7.05. The fourth-order valence-corrected chi connectivity index (χ4v) is 4.58. The molecule has 4 aromatic rings. The largest absolute Gasteiger partial charge is 0.455 e. The number of carbonyl (C=O) groups excluding carboxylic acids is 2. The van der Waals surface area contributed by atoms with Crippen molar-refractivity contribution in [1.82, 2.24) is 10.9 Å². The summed E-state index contributed by atoms with van der Waals surface area (Å²) in [5, 5.41) is 6.59. The van der Waals surface area contributed by atoms with Gasteiger partial charge in [-0.15, -0.1) is 0 Å². The van der Waals surface area contributed by atoms with E-state index in [9.17, 15) is 9.59 Å². The van der Waals surface area contributed by atoms with E-state index < -0.39 is 0 Å². The summed E-state index contributed by atoms with van der Waals surface area (Å²) in [6.07, 6.45) is 2.14. The van der Waals surface area contributed by atoms with E-state index in [4.69, 9.17) is 16.0 Å². The van der Waals surface area contributed by atoms with Gasteiger partial charge >= 0.3 is 5.91 Å². The molecule has 37 heavy (non-hydrogen) atoms. The van der Waals surface area contributed by atoms with Crippen LogP contribution in [0.4, 0.5) is 11.4 Å². The highest BCUT2D eigenvalue weighted by molar-refractivity contribution is 6.31. The molecular weight excluding hydrogens is 488 g/mol. The lowest BCUT2D eigenvalue weighted by molar-refractivity contribution is 0.0921. The maximum atomic E-state index is 13.5. The van der Waals surface area contributed by atoms with Crippen LogP contribution in [0.5, 0.6) is 0 Å². The van der Waals surface area contributed by atoms with E-state index in [2.05, 4.69) is 16.0 Å². The number of nitrogens with one attached hydrogen (secondary N) is 2. The Balaban J connectivity index is 1.41. The van der Waals surface area contributed by atoms with Gasteiger partial charge in [0.15, 0.2) is 5.76 Å². The topological polar surface area (TPSA) is 86.9 Å². The molecule has 0 saturated heterocycles. The summed E-state index contributed by atoms with van der Waals surface area (Å²) in [6.45, 7) is 1.84. The molecule has 0 spiro atoms. The van der Waals surface area contributed by atoms with E-state index in [1.807, 2.05) is 67.6 Å². The summed E-state index contributed by atoms with van der Waals surface area (Å²) in [7, 11) is 0. The zero-order valence-electron chi connectivity index (χ0n) is 20.2. The number of benzene rings is 3. The highest BCUT2D eigenvalue weighted by Gasteiger charge is 2.29. The van der Waals surface area contributed by atoms with Crippen molar-refractivity contribution < 1.29 is 14.0 Å². The number of aryl methyl sites for hydroxylation is 1. The first-order valence-corrected chi connectivity index (χ1v) is 12.4. The first kappa shape index (κ1) is 24.3. The smallest absolute Gasteiger partial charge is 0.306 e. The standard InChI is InChI=1S/C29H25ClN4O3/c1-19-26-24(31-32-28(35)20-10-8-11-21(30)18-20)16-9-17-25(26)37-27(19)29(36)33-34(22-12-4-2-5-13-22)23-14-6-3-7-15-23/h2-8,10-15,18H,9,16-17H2,1H3,(H,32,35)(H,33,36)/b31-24+. The molecule has 5 rings (SSSR count).